The minimum absolute atomic E-state index is 0.0205. The number of amides is 1. The average Bonchev–Trinajstić information content (AvgIpc) is 3.29. The fourth-order valence-corrected chi connectivity index (χ4v) is 3.69. The molecule has 0 aliphatic rings. The predicted molar refractivity (Wildman–Crippen MR) is 121 cm³/mol. The molecule has 1 amide bonds. The second-order valence-electron chi connectivity index (χ2n) is 6.78. The maximum atomic E-state index is 12.5. The minimum atomic E-state index is -0.158. The van der Waals surface area contributed by atoms with E-state index in [4.69, 9.17) is 4.42 Å². The van der Waals surface area contributed by atoms with Gasteiger partial charge in [-0.3, -0.25) is 4.79 Å². The van der Waals surface area contributed by atoms with E-state index in [9.17, 15) is 4.79 Å². The van der Waals surface area contributed by atoms with E-state index in [-0.39, 0.29) is 11.2 Å². The summed E-state index contributed by atoms with van der Waals surface area (Å²) in [6.45, 7) is 1.92. The van der Waals surface area contributed by atoms with Crippen LogP contribution < -0.4 is 5.32 Å². The van der Waals surface area contributed by atoms with E-state index >= 15 is 0 Å². The van der Waals surface area contributed by atoms with E-state index in [1.165, 1.54) is 5.56 Å². The molecule has 0 saturated carbocycles. The summed E-state index contributed by atoms with van der Waals surface area (Å²) < 4.78 is 5.78. The second-order valence-corrected chi connectivity index (χ2v) is 8.11. The third kappa shape index (κ3) is 4.96. The first-order chi connectivity index (χ1) is 14.7. The summed E-state index contributed by atoms with van der Waals surface area (Å²) in [6.07, 6.45) is 0. The quantitative estimate of drug-likeness (QED) is 0.422. The number of aromatic nitrogens is 2. The molecular weight excluding hydrogens is 394 g/mol. The van der Waals surface area contributed by atoms with Crippen molar-refractivity contribution in [1.82, 2.24) is 10.2 Å². The van der Waals surface area contributed by atoms with Gasteiger partial charge >= 0.3 is 0 Å². The van der Waals surface area contributed by atoms with Gasteiger partial charge in [0.2, 0.25) is 17.7 Å². The number of carbonyl (C=O) groups excluding carboxylic acids is 1. The lowest BCUT2D eigenvalue weighted by Gasteiger charge is -2.12. The molecule has 150 valence electrons. The zero-order valence-electron chi connectivity index (χ0n) is 16.5. The van der Waals surface area contributed by atoms with Crippen LogP contribution in [0.15, 0.2) is 89.3 Å². The molecule has 0 aliphatic carbocycles. The maximum absolute atomic E-state index is 12.5. The molecule has 0 fully saturated rings. The van der Waals surface area contributed by atoms with Crippen LogP contribution in [-0.2, 0) is 10.5 Å². The summed E-state index contributed by atoms with van der Waals surface area (Å²) in [5.74, 6) is 1.70. The van der Waals surface area contributed by atoms with E-state index in [0.29, 0.717) is 11.8 Å². The summed E-state index contributed by atoms with van der Waals surface area (Å²) in [7, 11) is 0. The maximum Gasteiger partial charge on any atom is 0.248 e. The molecule has 6 heteroatoms. The van der Waals surface area contributed by atoms with Crippen LogP contribution >= 0.6 is 11.8 Å². The number of hydrogen-bond donors (Lipinski definition) is 1. The molecule has 0 spiro atoms. The molecule has 4 rings (SSSR count). The topological polar surface area (TPSA) is 68.0 Å². The van der Waals surface area contributed by atoms with Crippen LogP contribution in [0.4, 0.5) is 5.69 Å². The SMILES string of the molecule is C[C@@H](SCc1ccccc1)C(=O)Nc1ccc(-c2nnc(-c3ccccc3)o2)cc1. The van der Waals surface area contributed by atoms with Crippen LogP contribution in [0.2, 0.25) is 0 Å². The van der Waals surface area contributed by atoms with Crippen molar-refractivity contribution in [2.45, 2.75) is 17.9 Å². The lowest BCUT2D eigenvalue weighted by Crippen LogP contribution is -2.22. The molecule has 5 nitrogen and oxygen atoms in total. The van der Waals surface area contributed by atoms with Gasteiger partial charge in [-0.05, 0) is 48.9 Å². The number of nitrogens with zero attached hydrogens (tertiary/aromatic N) is 2. The van der Waals surface area contributed by atoms with Gasteiger partial charge in [-0.15, -0.1) is 22.0 Å². The highest BCUT2D eigenvalue weighted by Gasteiger charge is 2.14. The van der Waals surface area contributed by atoms with E-state index in [1.54, 1.807) is 11.8 Å². The molecule has 1 heterocycles. The predicted octanol–water partition coefficient (Wildman–Crippen LogP) is 5.66. The van der Waals surface area contributed by atoms with Gasteiger partial charge in [0.15, 0.2) is 0 Å². The van der Waals surface area contributed by atoms with Crippen LogP contribution in [0, 0.1) is 0 Å². The Morgan fingerprint density at radius 3 is 2.07 bits per heavy atom. The van der Waals surface area contributed by atoms with Gasteiger partial charge < -0.3 is 9.73 Å². The monoisotopic (exact) mass is 415 g/mol. The van der Waals surface area contributed by atoms with Gasteiger partial charge in [-0.1, -0.05) is 48.5 Å². The van der Waals surface area contributed by atoms with Crippen molar-refractivity contribution in [3.8, 4) is 22.9 Å². The van der Waals surface area contributed by atoms with Crippen molar-refractivity contribution in [3.05, 3.63) is 90.5 Å². The first-order valence-corrected chi connectivity index (χ1v) is 10.7. The summed E-state index contributed by atoms with van der Waals surface area (Å²) in [4.78, 5) is 12.5. The molecule has 4 aromatic rings. The molecular formula is C24H21N3O2S. The summed E-state index contributed by atoms with van der Waals surface area (Å²) in [5.41, 5.74) is 3.62. The number of rotatable bonds is 7. The van der Waals surface area contributed by atoms with Gasteiger partial charge in [0.1, 0.15) is 0 Å². The fourth-order valence-electron chi connectivity index (χ4n) is 2.85. The van der Waals surface area contributed by atoms with Gasteiger partial charge in [-0.2, -0.15) is 0 Å². The summed E-state index contributed by atoms with van der Waals surface area (Å²) in [6, 6.07) is 27.2. The minimum Gasteiger partial charge on any atom is -0.416 e. The van der Waals surface area contributed by atoms with Crippen LogP contribution in [0.5, 0.6) is 0 Å². The lowest BCUT2D eigenvalue weighted by molar-refractivity contribution is -0.115. The number of nitrogens with one attached hydrogen (secondary N) is 1. The Kier molecular flexibility index (Phi) is 6.25. The molecule has 1 atom stereocenters. The highest BCUT2D eigenvalue weighted by molar-refractivity contribution is 7.99. The van der Waals surface area contributed by atoms with E-state index in [1.807, 2.05) is 79.7 Å². The van der Waals surface area contributed by atoms with Crippen molar-refractivity contribution in [1.29, 1.82) is 0 Å². The Bertz CT molecular complexity index is 1100. The molecule has 30 heavy (non-hydrogen) atoms. The zero-order valence-corrected chi connectivity index (χ0v) is 17.3. The lowest BCUT2D eigenvalue weighted by atomic mass is 10.2. The van der Waals surface area contributed by atoms with Crippen molar-refractivity contribution < 1.29 is 9.21 Å². The van der Waals surface area contributed by atoms with Crippen LogP contribution in [0.1, 0.15) is 12.5 Å². The van der Waals surface area contributed by atoms with Crippen molar-refractivity contribution in [2.75, 3.05) is 5.32 Å². The largest absolute Gasteiger partial charge is 0.416 e. The van der Waals surface area contributed by atoms with Gasteiger partial charge in [-0.25, -0.2) is 0 Å². The molecule has 3 aromatic carbocycles. The fraction of sp³-hybridized carbons (Fsp3) is 0.125. The Balaban J connectivity index is 1.35. The summed E-state index contributed by atoms with van der Waals surface area (Å²) >= 11 is 1.61. The van der Waals surface area contributed by atoms with Crippen LogP contribution in [0.3, 0.4) is 0 Å². The van der Waals surface area contributed by atoms with Gasteiger partial charge in [0.05, 0.1) is 5.25 Å². The third-order valence-electron chi connectivity index (χ3n) is 4.56. The number of hydrogen-bond acceptors (Lipinski definition) is 5. The molecule has 0 unspecified atom stereocenters. The standard InChI is InChI=1S/C24H21N3O2S/c1-17(30-16-18-8-4-2-5-9-18)22(28)25-21-14-12-20(13-15-21)24-27-26-23(29-24)19-10-6-3-7-11-19/h2-15,17H,16H2,1H3,(H,25,28)/t17-/m1/s1. The second kappa shape index (κ2) is 9.41. The Hall–Kier alpha value is -3.38. The first kappa shape index (κ1) is 19.9. The van der Waals surface area contributed by atoms with Gasteiger partial charge in [0.25, 0.3) is 0 Å². The first-order valence-electron chi connectivity index (χ1n) is 9.65. The number of carbonyl (C=O) groups is 1. The van der Waals surface area contributed by atoms with E-state index < -0.39 is 0 Å². The number of benzene rings is 3. The highest BCUT2D eigenvalue weighted by atomic mass is 32.2. The van der Waals surface area contributed by atoms with Crippen molar-refractivity contribution in [3.63, 3.8) is 0 Å². The highest BCUT2D eigenvalue weighted by Crippen LogP contribution is 2.25. The Morgan fingerprint density at radius 2 is 1.43 bits per heavy atom. The Labute approximate surface area is 179 Å². The molecule has 1 aromatic heterocycles. The van der Waals surface area contributed by atoms with E-state index in [2.05, 4.69) is 27.6 Å². The van der Waals surface area contributed by atoms with E-state index in [0.717, 1.165) is 22.6 Å². The molecule has 1 N–H and O–H groups in total. The van der Waals surface area contributed by atoms with Crippen molar-refractivity contribution >= 4 is 23.4 Å². The number of anilines is 1. The summed E-state index contributed by atoms with van der Waals surface area (Å²) in [5, 5.41) is 11.0. The van der Waals surface area contributed by atoms with Crippen LogP contribution in [0.25, 0.3) is 22.9 Å². The smallest absolute Gasteiger partial charge is 0.248 e. The van der Waals surface area contributed by atoms with Crippen LogP contribution in [-0.4, -0.2) is 21.4 Å². The Morgan fingerprint density at radius 1 is 0.867 bits per heavy atom. The number of thioether (sulfide) groups is 1. The average molecular weight is 416 g/mol. The zero-order chi connectivity index (χ0) is 20.8. The molecule has 0 bridgehead atoms. The van der Waals surface area contributed by atoms with Gasteiger partial charge in [0, 0.05) is 22.6 Å². The van der Waals surface area contributed by atoms with Crippen molar-refractivity contribution in [2.24, 2.45) is 0 Å². The third-order valence-corrected chi connectivity index (χ3v) is 5.77. The molecule has 0 aliphatic heterocycles. The molecule has 0 saturated heterocycles. The normalized spacial score (nSPS) is 11.8. The molecule has 0 radical (unpaired) electrons.